The standard InChI is InChI=1S/C17H17ClF2N2O3/c1-22(10-11-24-13-8-6-12(18)7-9-13)17(23)21-14-4-2-3-5-15(14)25-16(19)20/h2-9,16H,10-11H2,1H3,(H,21,23). The molecule has 0 heterocycles. The van der Waals surface area contributed by atoms with E-state index in [0.717, 1.165) is 0 Å². The predicted molar refractivity (Wildman–Crippen MR) is 91.7 cm³/mol. The zero-order valence-electron chi connectivity index (χ0n) is 13.4. The molecule has 2 rings (SSSR count). The number of amides is 2. The molecule has 5 nitrogen and oxygen atoms in total. The highest BCUT2D eigenvalue weighted by Gasteiger charge is 2.14. The van der Waals surface area contributed by atoms with Gasteiger partial charge in [-0.3, -0.25) is 0 Å². The van der Waals surface area contributed by atoms with E-state index >= 15 is 0 Å². The van der Waals surface area contributed by atoms with Gasteiger partial charge in [0.1, 0.15) is 18.1 Å². The van der Waals surface area contributed by atoms with Crippen LogP contribution in [0.2, 0.25) is 5.02 Å². The van der Waals surface area contributed by atoms with Crippen molar-refractivity contribution in [2.24, 2.45) is 0 Å². The van der Waals surface area contributed by atoms with Gasteiger partial charge in [0.25, 0.3) is 0 Å². The van der Waals surface area contributed by atoms with Crippen molar-refractivity contribution in [2.75, 3.05) is 25.5 Å². The smallest absolute Gasteiger partial charge is 0.387 e. The zero-order chi connectivity index (χ0) is 18.2. The number of para-hydroxylation sites is 2. The number of urea groups is 1. The molecule has 2 aromatic carbocycles. The van der Waals surface area contributed by atoms with Gasteiger partial charge in [-0.15, -0.1) is 0 Å². The summed E-state index contributed by atoms with van der Waals surface area (Å²) in [5.74, 6) is 0.533. The van der Waals surface area contributed by atoms with Crippen molar-refractivity contribution in [1.29, 1.82) is 0 Å². The van der Waals surface area contributed by atoms with Crippen LogP contribution in [-0.2, 0) is 0 Å². The lowest BCUT2D eigenvalue weighted by atomic mass is 10.3. The minimum Gasteiger partial charge on any atom is -0.492 e. The van der Waals surface area contributed by atoms with Crippen LogP contribution in [0.4, 0.5) is 19.3 Å². The normalized spacial score (nSPS) is 10.4. The summed E-state index contributed by atoms with van der Waals surface area (Å²) in [4.78, 5) is 13.5. The van der Waals surface area contributed by atoms with E-state index in [-0.39, 0.29) is 18.0 Å². The van der Waals surface area contributed by atoms with Crippen LogP contribution in [0.15, 0.2) is 48.5 Å². The molecule has 2 amide bonds. The van der Waals surface area contributed by atoms with Crippen molar-refractivity contribution < 1.29 is 23.0 Å². The number of rotatable bonds is 7. The van der Waals surface area contributed by atoms with E-state index in [2.05, 4.69) is 10.1 Å². The molecule has 0 saturated carbocycles. The van der Waals surface area contributed by atoms with Gasteiger partial charge in [0.2, 0.25) is 0 Å². The summed E-state index contributed by atoms with van der Waals surface area (Å²) in [7, 11) is 1.57. The van der Waals surface area contributed by atoms with Crippen LogP contribution in [0.1, 0.15) is 0 Å². The molecule has 0 bridgehead atoms. The van der Waals surface area contributed by atoms with Gasteiger partial charge in [0, 0.05) is 12.1 Å². The number of benzene rings is 2. The van der Waals surface area contributed by atoms with E-state index in [1.54, 1.807) is 37.4 Å². The summed E-state index contributed by atoms with van der Waals surface area (Å²) in [6, 6.07) is 12.4. The summed E-state index contributed by atoms with van der Waals surface area (Å²) in [6.45, 7) is -2.41. The molecule has 134 valence electrons. The molecule has 8 heteroatoms. The molecule has 0 saturated heterocycles. The number of hydrogen-bond donors (Lipinski definition) is 1. The summed E-state index contributed by atoms with van der Waals surface area (Å²) in [5.41, 5.74) is 0.165. The lowest BCUT2D eigenvalue weighted by Crippen LogP contribution is -2.34. The van der Waals surface area contributed by atoms with Gasteiger partial charge in [-0.25, -0.2) is 4.79 Å². The molecule has 0 fully saturated rings. The van der Waals surface area contributed by atoms with E-state index in [0.29, 0.717) is 17.3 Å². The maximum absolute atomic E-state index is 12.4. The Hall–Kier alpha value is -2.54. The summed E-state index contributed by atoms with van der Waals surface area (Å²) < 4.78 is 34.6. The zero-order valence-corrected chi connectivity index (χ0v) is 14.2. The summed E-state index contributed by atoms with van der Waals surface area (Å²) >= 11 is 5.79. The molecule has 2 aromatic rings. The van der Waals surface area contributed by atoms with Crippen LogP contribution in [0.5, 0.6) is 11.5 Å². The number of nitrogens with zero attached hydrogens (tertiary/aromatic N) is 1. The fourth-order valence-corrected chi connectivity index (χ4v) is 2.04. The third-order valence-electron chi connectivity index (χ3n) is 3.20. The second kappa shape index (κ2) is 9.08. The number of nitrogens with one attached hydrogen (secondary N) is 1. The lowest BCUT2D eigenvalue weighted by Gasteiger charge is -2.19. The molecule has 0 aromatic heterocycles. The van der Waals surface area contributed by atoms with Crippen LogP contribution in [0.25, 0.3) is 0 Å². The van der Waals surface area contributed by atoms with Gasteiger partial charge in [0.15, 0.2) is 0 Å². The maximum Gasteiger partial charge on any atom is 0.387 e. The van der Waals surface area contributed by atoms with Crippen molar-refractivity contribution in [3.63, 3.8) is 0 Å². The highest BCUT2D eigenvalue weighted by Crippen LogP contribution is 2.25. The predicted octanol–water partition coefficient (Wildman–Crippen LogP) is 4.48. The van der Waals surface area contributed by atoms with Crippen LogP contribution >= 0.6 is 11.6 Å². The van der Waals surface area contributed by atoms with Gasteiger partial charge in [-0.05, 0) is 36.4 Å². The van der Waals surface area contributed by atoms with Gasteiger partial charge in [-0.1, -0.05) is 23.7 Å². The first kappa shape index (κ1) is 18.8. The molecule has 0 radical (unpaired) electrons. The first-order chi connectivity index (χ1) is 12.0. The van der Waals surface area contributed by atoms with E-state index in [4.69, 9.17) is 16.3 Å². The third-order valence-corrected chi connectivity index (χ3v) is 3.45. The number of anilines is 1. The fraction of sp³-hybridized carbons (Fsp3) is 0.235. The van der Waals surface area contributed by atoms with Crippen molar-refractivity contribution in [3.8, 4) is 11.5 Å². The molecule has 0 aliphatic rings. The van der Waals surface area contributed by atoms with Crippen molar-refractivity contribution >= 4 is 23.3 Å². The largest absolute Gasteiger partial charge is 0.492 e. The quantitative estimate of drug-likeness (QED) is 0.781. The minimum absolute atomic E-state index is 0.100. The number of hydrogen-bond acceptors (Lipinski definition) is 3. The average molecular weight is 371 g/mol. The number of halogens is 3. The minimum atomic E-state index is -2.97. The molecule has 25 heavy (non-hydrogen) atoms. The second-order valence-corrected chi connectivity index (χ2v) is 5.47. The molecule has 0 atom stereocenters. The Morgan fingerprint density at radius 1 is 1.20 bits per heavy atom. The molecule has 0 aliphatic carbocycles. The Kier molecular flexibility index (Phi) is 6.82. The number of carbonyl (C=O) groups excluding carboxylic acids is 1. The van der Waals surface area contributed by atoms with Crippen LogP contribution in [0, 0.1) is 0 Å². The van der Waals surface area contributed by atoms with Crippen LogP contribution < -0.4 is 14.8 Å². The number of carbonyl (C=O) groups is 1. The number of likely N-dealkylation sites (N-methyl/N-ethyl adjacent to an activating group) is 1. The lowest BCUT2D eigenvalue weighted by molar-refractivity contribution is -0.0493. The van der Waals surface area contributed by atoms with Gasteiger partial charge < -0.3 is 19.7 Å². The molecule has 0 unspecified atom stereocenters. The van der Waals surface area contributed by atoms with Crippen molar-refractivity contribution in [3.05, 3.63) is 53.6 Å². The Morgan fingerprint density at radius 2 is 1.88 bits per heavy atom. The van der Waals surface area contributed by atoms with E-state index < -0.39 is 12.6 Å². The second-order valence-electron chi connectivity index (χ2n) is 5.03. The molecule has 1 N–H and O–H groups in total. The Morgan fingerprint density at radius 3 is 2.56 bits per heavy atom. The third kappa shape index (κ3) is 6.11. The van der Waals surface area contributed by atoms with Crippen LogP contribution in [-0.4, -0.2) is 37.7 Å². The maximum atomic E-state index is 12.4. The van der Waals surface area contributed by atoms with Crippen molar-refractivity contribution in [1.82, 2.24) is 4.90 Å². The SMILES string of the molecule is CN(CCOc1ccc(Cl)cc1)C(=O)Nc1ccccc1OC(F)F. The van der Waals surface area contributed by atoms with Crippen LogP contribution in [0.3, 0.4) is 0 Å². The summed E-state index contributed by atoms with van der Waals surface area (Å²) in [6.07, 6.45) is 0. The van der Waals surface area contributed by atoms with E-state index in [1.165, 1.54) is 23.1 Å². The van der Waals surface area contributed by atoms with Gasteiger partial charge in [-0.2, -0.15) is 8.78 Å². The Bertz CT molecular complexity index is 699. The molecular formula is C17H17ClF2N2O3. The first-order valence-electron chi connectivity index (χ1n) is 7.40. The van der Waals surface area contributed by atoms with Gasteiger partial charge >= 0.3 is 12.6 Å². The average Bonchev–Trinajstić information content (AvgIpc) is 2.58. The molecule has 0 spiro atoms. The number of alkyl halides is 2. The van der Waals surface area contributed by atoms with Crippen molar-refractivity contribution in [2.45, 2.75) is 6.61 Å². The Labute approximate surface area is 149 Å². The molecular weight excluding hydrogens is 354 g/mol. The molecule has 0 aliphatic heterocycles. The highest BCUT2D eigenvalue weighted by molar-refractivity contribution is 6.30. The summed E-state index contributed by atoms with van der Waals surface area (Å²) in [5, 5.41) is 3.13. The number of ether oxygens (including phenoxy) is 2. The monoisotopic (exact) mass is 370 g/mol. The van der Waals surface area contributed by atoms with E-state index in [9.17, 15) is 13.6 Å². The van der Waals surface area contributed by atoms with E-state index in [1.807, 2.05) is 0 Å². The Balaban J connectivity index is 1.85. The first-order valence-corrected chi connectivity index (χ1v) is 7.78. The fourth-order valence-electron chi connectivity index (χ4n) is 1.91. The van der Waals surface area contributed by atoms with Gasteiger partial charge in [0.05, 0.1) is 12.2 Å². The topological polar surface area (TPSA) is 50.8 Å². The highest BCUT2D eigenvalue weighted by atomic mass is 35.5.